The van der Waals surface area contributed by atoms with Crippen LogP contribution in [0.25, 0.3) is 0 Å². The number of ether oxygens (including phenoxy) is 2. The highest BCUT2D eigenvalue weighted by atomic mass is 35.5. The summed E-state index contributed by atoms with van der Waals surface area (Å²) < 4.78 is 50.2. The van der Waals surface area contributed by atoms with Crippen molar-refractivity contribution < 1.29 is 27.4 Å². The number of rotatable bonds is 8. The molecule has 0 radical (unpaired) electrons. The quantitative estimate of drug-likeness (QED) is 0.673. The van der Waals surface area contributed by atoms with Gasteiger partial charge in [-0.15, -0.1) is 0 Å². The van der Waals surface area contributed by atoms with Crippen molar-refractivity contribution in [2.24, 2.45) is 0 Å². The molecule has 1 aromatic heterocycles. The van der Waals surface area contributed by atoms with Crippen molar-refractivity contribution in [3.63, 3.8) is 0 Å². The van der Waals surface area contributed by atoms with Crippen molar-refractivity contribution in [1.29, 1.82) is 0 Å². The van der Waals surface area contributed by atoms with Crippen LogP contribution in [0.5, 0.6) is 11.5 Å². The van der Waals surface area contributed by atoms with Crippen LogP contribution in [-0.4, -0.2) is 49.6 Å². The van der Waals surface area contributed by atoms with Gasteiger partial charge in [0.1, 0.15) is 29.5 Å². The van der Waals surface area contributed by atoms with E-state index in [0.29, 0.717) is 19.8 Å². The molecule has 10 heteroatoms. The molecule has 0 atom stereocenters. The molecule has 2 aromatic rings. The number of nitrogens with zero attached hydrogens (tertiary/aromatic N) is 2. The van der Waals surface area contributed by atoms with Crippen LogP contribution in [-0.2, 0) is 6.18 Å². The Morgan fingerprint density at radius 2 is 1.83 bits per heavy atom. The van der Waals surface area contributed by atoms with Crippen LogP contribution in [0, 0.1) is 0 Å². The molecule has 0 aliphatic heterocycles. The number of anilines is 1. The summed E-state index contributed by atoms with van der Waals surface area (Å²) in [6.07, 6.45) is -4.75. The number of nitrogens with one attached hydrogen (secondary N) is 1. The lowest BCUT2D eigenvalue weighted by Gasteiger charge is -2.17. The van der Waals surface area contributed by atoms with Gasteiger partial charge in [-0.1, -0.05) is 17.7 Å². The summed E-state index contributed by atoms with van der Waals surface area (Å²) >= 11 is 5.57. The smallest absolute Gasteiger partial charge is 0.434 e. The molecule has 0 spiro atoms. The average molecular weight is 432 g/mol. The Morgan fingerprint density at radius 1 is 1.17 bits per heavy atom. The topological polar surface area (TPSA) is 63.7 Å². The average Bonchev–Trinajstić information content (AvgIpc) is 2.62. The van der Waals surface area contributed by atoms with E-state index in [1.807, 2.05) is 19.0 Å². The molecule has 6 nitrogen and oxygen atoms in total. The van der Waals surface area contributed by atoms with Crippen LogP contribution in [0.3, 0.4) is 0 Å². The van der Waals surface area contributed by atoms with E-state index in [0.717, 1.165) is 6.07 Å². The third-order valence-electron chi connectivity index (χ3n) is 3.67. The van der Waals surface area contributed by atoms with Gasteiger partial charge in [0.15, 0.2) is 5.69 Å². The molecule has 0 aliphatic rings. The maximum Gasteiger partial charge on any atom is 0.434 e. The minimum absolute atomic E-state index is 0.0680. The van der Waals surface area contributed by atoms with E-state index >= 15 is 0 Å². The molecule has 0 bridgehead atoms. The number of alkyl halides is 3. The fraction of sp³-hybridized carbons (Fsp3) is 0.368. The van der Waals surface area contributed by atoms with E-state index in [2.05, 4.69) is 10.3 Å². The number of hydrogen-bond donors (Lipinski definition) is 1. The van der Waals surface area contributed by atoms with Crippen LogP contribution in [0.2, 0.25) is 5.02 Å². The minimum Gasteiger partial charge on any atom is -0.493 e. The number of hydrogen-bond acceptors (Lipinski definition) is 5. The fourth-order valence-electron chi connectivity index (χ4n) is 2.36. The first-order valence-corrected chi connectivity index (χ1v) is 9.09. The molecule has 1 aromatic carbocycles. The third kappa shape index (κ3) is 6.23. The van der Waals surface area contributed by atoms with Gasteiger partial charge in [-0.05, 0) is 45.3 Å². The highest BCUT2D eigenvalue weighted by Gasteiger charge is 2.35. The molecule has 0 fully saturated rings. The van der Waals surface area contributed by atoms with Crippen LogP contribution in [0.1, 0.15) is 23.0 Å². The Bertz CT molecular complexity index is 860. The molecule has 2 rings (SSSR count). The standard InChI is InChI=1S/C19H21ClF3N3O3/c1-4-28-13-6-5-7-14(29-11-10-26(2)3)16(13)18(27)25-15-9-8-12(20)17(24-15)19(21,22)23/h5-9H,4,10-11H2,1-3H3,(H,24,25,27). The molecule has 0 saturated carbocycles. The molecule has 158 valence electrons. The second kappa shape index (κ2) is 9.80. The maximum absolute atomic E-state index is 13.0. The molecule has 0 saturated heterocycles. The van der Waals surface area contributed by atoms with Crippen molar-refractivity contribution in [3.05, 3.63) is 46.6 Å². The van der Waals surface area contributed by atoms with Gasteiger partial charge in [0, 0.05) is 6.54 Å². The first-order chi connectivity index (χ1) is 13.6. The van der Waals surface area contributed by atoms with Crippen molar-refractivity contribution in [3.8, 4) is 11.5 Å². The molecule has 1 heterocycles. The lowest BCUT2D eigenvalue weighted by atomic mass is 10.1. The zero-order valence-electron chi connectivity index (χ0n) is 16.1. The number of likely N-dealkylation sites (N-methyl/N-ethyl adjacent to an activating group) is 1. The Morgan fingerprint density at radius 3 is 2.41 bits per heavy atom. The summed E-state index contributed by atoms with van der Waals surface area (Å²) in [5.41, 5.74) is -1.21. The SMILES string of the molecule is CCOc1cccc(OCCN(C)C)c1C(=O)Nc1ccc(Cl)c(C(F)(F)F)n1. The van der Waals surface area contributed by atoms with Gasteiger partial charge in [0.25, 0.3) is 5.91 Å². The summed E-state index contributed by atoms with van der Waals surface area (Å²) in [5, 5.41) is 1.80. The van der Waals surface area contributed by atoms with Crippen molar-refractivity contribution in [2.45, 2.75) is 13.1 Å². The molecule has 0 aliphatic carbocycles. The summed E-state index contributed by atoms with van der Waals surface area (Å²) in [4.78, 5) is 18.2. The van der Waals surface area contributed by atoms with E-state index < -0.39 is 22.8 Å². The molecule has 0 unspecified atom stereocenters. The number of amides is 1. The van der Waals surface area contributed by atoms with E-state index in [-0.39, 0.29) is 22.9 Å². The summed E-state index contributed by atoms with van der Waals surface area (Å²) in [6, 6.07) is 7.04. The summed E-state index contributed by atoms with van der Waals surface area (Å²) in [6.45, 7) is 2.95. The molecule has 1 amide bonds. The molecular formula is C19H21ClF3N3O3. The fourth-order valence-corrected chi connectivity index (χ4v) is 2.57. The summed E-state index contributed by atoms with van der Waals surface area (Å²) in [7, 11) is 3.75. The van der Waals surface area contributed by atoms with Gasteiger partial charge in [0.05, 0.1) is 11.6 Å². The number of halogens is 4. The van der Waals surface area contributed by atoms with Crippen molar-refractivity contribution >= 4 is 23.3 Å². The third-order valence-corrected chi connectivity index (χ3v) is 3.97. The first kappa shape index (κ1) is 22.8. The number of pyridine rings is 1. The van der Waals surface area contributed by atoms with Gasteiger partial charge in [-0.2, -0.15) is 13.2 Å². The molecule has 29 heavy (non-hydrogen) atoms. The lowest BCUT2D eigenvalue weighted by molar-refractivity contribution is -0.141. The van der Waals surface area contributed by atoms with Gasteiger partial charge in [0.2, 0.25) is 0 Å². The van der Waals surface area contributed by atoms with Gasteiger partial charge in [-0.25, -0.2) is 4.98 Å². The van der Waals surface area contributed by atoms with Gasteiger partial charge >= 0.3 is 6.18 Å². The molecular weight excluding hydrogens is 411 g/mol. The second-order valence-corrected chi connectivity index (χ2v) is 6.60. The molecule has 1 N–H and O–H groups in total. The van der Waals surface area contributed by atoms with E-state index in [4.69, 9.17) is 21.1 Å². The van der Waals surface area contributed by atoms with Crippen molar-refractivity contribution in [1.82, 2.24) is 9.88 Å². The van der Waals surface area contributed by atoms with E-state index in [9.17, 15) is 18.0 Å². The Hall–Kier alpha value is -2.52. The van der Waals surface area contributed by atoms with E-state index in [1.165, 1.54) is 6.07 Å². The lowest BCUT2D eigenvalue weighted by Crippen LogP contribution is -2.21. The van der Waals surface area contributed by atoms with Crippen molar-refractivity contribution in [2.75, 3.05) is 39.2 Å². The van der Waals surface area contributed by atoms with Gasteiger partial charge in [-0.3, -0.25) is 4.79 Å². The van der Waals surface area contributed by atoms with Crippen LogP contribution in [0.4, 0.5) is 19.0 Å². The Labute approximate surface area is 171 Å². The monoisotopic (exact) mass is 431 g/mol. The van der Waals surface area contributed by atoms with Gasteiger partial charge < -0.3 is 19.7 Å². The van der Waals surface area contributed by atoms with Crippen LogP contribution in [0.15, 0.2) is 30.3 Å². The minimum atomic E-state index is -4.75. The number of aromatic nitrogens is 1. The summed E-state index contributed by atoms with van der Waals surface area (Å²) in [5.74, 6) is -0.508. The predicted molar refractivity (Wildman–Crippen MR) is 104 cm³/mol. The van der Waals surface area contributed by atoms with Crippen LogP contribution >= 0.6 is 11.6 Å². The predicted octanol–water partition coefficient (Wildman–Crippen LogP) is 4.35. The highest BCUT2D eigenvalue weighted by Crippen LogP contribution is 2.34. The maximum atomic E-state index is 13.0. The van der Waals surface area contributed by atoms with E-state index in [1.54, 1.807) is 25.1 Å². The first-order valence-electron chi connectivity index (χ1n) is 8.72. The second-order valence-electron chi connectivity index (χ2n) is 6.19. The zero-order valence-corrected chi connectivity index (χ0v) is 16.9. The largest absolute Gasteiger partial charge is 0.493 e. The normalized spacial score (nSPS) is 11.4. The Kier molecular flexibility index (Phi) is 7.69. The number of carbonyl (C=O) groups excluding carboxylic acids is 1. The Balaban J connectivity index is 2.33. The number of carbonyl (C=O) groups is 1. The highest BCUT2D eigenvalue weighted by molar-refractivity contribution is 6.31. The van der Waals surface area contributed by atoms with Crippen LogP contribution < -0.4 is 14.8 Å². The number of benzene rings is 1. The zero-order chi connectivity index (χ0) is 21.6.